The highest BCUT2D eigenvalue weighted by Crippen LogP contribution is 2.49. The third-order valence-electron chi connectivity index (χ3n) is 7.10. The summed E-state index contributed by atoms with van der Waals surface area (Å²) in [5.74, 6) is 0. The molecule has 1 aliphatic rings. The van der Waals surface area contributed by atoms with E-state index in [1.807, 2.05) is 0 Å². The van der Waals surface area contributed by atoms with E-state index in [-0.39, 0.29) is 0 Å². The average molecular weight is 386 g/mol. The van der Waals surface area contributed by atoms with Gasteiger partial charge in [0.1, 0.15) is 0 Å². The molecule has 0 spiro atoms. The maximum atomic E-state index is 2.61. The van der Waals surface area contributed by atoms with E-state index in [1.165, 1.54) is 56.5 Å². The normalized spacial score (nSPS) is 19.1. The van der Waals surface area contributed by atoms with Crippen LogP contribution in [0.2, 0.25) is 0 Å². The Bertz CT molecular complexity index is 1340. The minimum absolute atomic E-state index is 0.467. The third kappa shape index (κ3) is 2.03. The Morgan fingerprint density at radius 3 is 0.933 bits per heavy atom. The van der Waals surface area contributed by atoms with E-state index in [1.54, 1.807) is 0 Å². The molecule has 0 bridgehead atoms. The lowest BCUT2D eigenvalue weighted by Crippen LogP contribution is -2.31. The second-order valence-electron chi connectivity index (χ2n) is 8.52. The lowest BCUT2D eigenvalue weighted by molar-refractivity contribution is 0.205. The van der Waals surface area contributed by atoms with Crippen molar-refractivity contribution >= 4 is 43.6 Å². The van der Waals surface area contributed by atoms with Crippen LogP contribution in [0.1, 0.15) is 24.9 Å². The van der Waals surface area contributed by atoms with Gasteiger partial charge in [-0.05, 0) is 37.1 Å². The summed E-state index contributed by atoms with van der Waals surface area (Å²) < 4.78 is 5.23. The van der Waals surface area contributed by atoms with Crippen LogP contribution in [0.25, 0.3) is 43.6 Å². The second-order valence-corrected chi connectivity index (χ2v) is 8.52. The molecule has 0 amide bonds. The lowest BCUT2D eigenvalue weighted by atomic mass is 9.85. The van der Waals surface area contributed by atoms with Crippen molar-refractivity contribution in [2.24, 2.45) is 0 Å². The van der Waals surface area contributed by atoms with E-state index < -0.39 is 0 Å². The van der Waals surface area contributed by atoms with Gasteiger partial charge in [0.2, 0.25) is 0 Å². The largest absolute Gasteiger partial charge is 0.335 e. The molecule has 2 nitrogen and oxygen atoms in total. The molecule has 2 atom stereocenters. The maximum absolute atomic E-state index is 2.61. The number of rotatable bonds is 2. The van der Waals surface area contributed by atoms with Crippen LogP contribution in [0.4, 0.5) is 0 Å². The van der Waals surface area contributed by atoms with Gasteiger partial charge in [0, 0.05) is 43.6 Å². The number of aromatic nitrogens is 2. The Morgan fingerprint density at radius 1 is 0.400 bits per heavy atom. The number of hydrogen-bond acceptors (Lipinski definition) is 0. The molecular weight excluding hydrogens is 364 g/mol. The van der Waals surface area contributed by atoms with Gasteiger partial charge in [-0.1, -0.05) is 72.8 Å². The molecular formula is C28H22N2. The number of nitrogens with zero attached hydrogens (tertiary/aromatic N) is 2. The number of benzene rings is 4. The summed E-state index contributed by atoms with van der Waals surface area (Å²) in [5.41, 5.74) is 5.42. The van der Waals surface area contributed by atoms with Gasteiger partial charge in [0.15, 0.2) is 0 Å². The van der Waals surface area contributed by atoms with Gasteiger partial charge in [0.25, 0.3) is 0 Å². The van der Waals surface area contributed by atoms with Gasteiger partial charge in [0.05, 0.1) is 12.1 Å². The zero-order valence-electron chi connectivity index (χ0n) is 16.7. The fourth-order valence-electron chi connectivity index (χ4n) is 5.69. The summed E-state index contributed by atoms with van der Waals surface area (Å²) >= 11 is 0. The molecule has 2 heterocycles. The van der Waals surface area contributed by atoms with Crippen LogP contribution >= 0.6 is 0 Å². The third-order valence-corrected chi connectivity index (χ3v) is 7.10. The average Bonchev–Trinajstić information content (AvgIpc) is 3.28. The minimum atomic E-state index is 0.467. The monoisotopic (exact) mass is 386 g/mol. The SMILES string of the molecule is c1ccc2c(c1)c1ccccc1n2[C@@H]1CC[C@H]1n1c2ccccc2c2ccccc21. The van der Waals surface area contributed by atoms with Crippen molar-refractivity contribution in [2.75, 3.05) is 0 Å². The van der Waals surface area contributed by atoms with Crippen LogP contribution in [-0.2, 0) is 0 Å². The lowest BCUT2D eigenvalue weighted by Gasteiger charge is -2.40. The summed E-state index contributed by atoms with van der Waals surface area (Å²) in [7, 11) is 0. The molecule has 0 unspecified atom stereocenters. The smallest absolute Gasteiger partial charge is 0.0551 e. The van der Waals surface area contributed by atoms with E-state index in [9.17, 15) is 0 Å². The van der Waals surface area contributed by atoms with Crippen LogP contribution < -0.4 is 0 Å². The van der Waals surface area contributed by atoms with Crippen LogP contribution in [0.15, 0.2) is 97.1 Å². The number of para-hydroxylation sites is 4. The second kappa shape index (κ2) is 5.99. The predicted molar refractivity (Wildman–Crippen MR) is 126 cm³/mol. The predicted octanol–water partition coefficient (Wildman–Crippen LogP) is 7.48. The minimum Gasteiger partial charge on any atom is -0.335 e. The van der Waals surface area contributed by atoms with Crippen LogP contribution in [0.5, 0.6) is 0 Å². The summed E-state index contributed by atoms with van der Waals surface area (Å²) in [4.78, 5) is 0. The van der Waals surface area contributed by atoms with Gasteiger partial charge < -0.3 is 9.13 Å². The van der Waals surface area contributed by atoms with E-state index in [4.69, 9.17) is 0 Å². The molecule has 1 aliphatic carbocycles. The zero-order valence-corrected chi connectivity index (χ0v) is 16.7. The number of fused-ring (bicyclic) bond motifs is 6. The van der Waals surface area contributed by atoms with Crippen molar-refractivity contribution in [2.45, 2.75) is 24.9 Å². The molecule has 0 N–H and O–H groups in total. The van der Waals surface area contributed by atoms with E-state index in [0.29, 0.717) is 12.1 Å². The van der Waals surface area contributed by atoms with Crippen LogP contribution in [0, 0.1) is 0 Å². The highest BCUT2D eigenvalue weighted by Gasteiger charge is 2.37. The maximum Gasteiger partial charge on any atom is 0.0551 e. The van der Waals surface area contributed by atoms with Gasteiger partial charge >= 0.3 is 0 Å². The molecule has 30 heavy (non-hydrogen) atoms. The van der Waals surface area contributed by atoms with Gasteiger partial charge in [-0.2, -0.15) is 0 Å². The molecule has 1 fully saturated rings. The first-order chi connectivity index (χ1) is 14.9. The molecule has 2 aromatic heterocycles. The summed E-state index contributed by atoms with van der Waals surface area (Å²) in [5, 5.41) is 5.45. The molecule has 0 saturated heterocycles. The standard InChI is InChI=1S/C28H22N2/c1-5-13-23-19(9-1)20-10-2-6-14-24(20)29(23)27-17-18-28(27)30-25-15-7-3-11-21(25)22-12-4-8-16-26(22)30/h1-16,27-28H,17-18H2/t27-,28-/m1/s1. The Labute approximate surface area is 175 Å². The molecule has 7 rings (SSSR count). The molecule has 0 aliphatic heterocycles. The highest BCUT2D eigenvalue weighted by atomic mass is 15.1. The quantitative estimate of drug-likeness (QED) is 0.292. The van der Waals surface area contributed by atoms with Crippen LogP contribution in [-0.4, -0.2) is 9.13 Å². The van der Waals surface area contributed by atoms with Gasteiger partial charge in [-0.25, -0.2) is 0 Å². The molecule has 144 valence electrons. The Morgan fingerprint density at radius 2 is 0.667 bits per heavy atom. The fraction of sp³-hybridized carbons (Fsp3) is 0.143. The number of hydrogen-bond donors (Lipinski definition) is 0. The Kier molecular flexibility index (Phi) is 3.25. The first-order valence-electron chi connectivity index (χ1n) is 10.9. The van der Waals surface area contributed by atoms with Crippen molar-refractivity contribution in [3.05, 3.63) is 97.1 Å². The van der Waals surface area contributed by atoms with E-state index >= 15 is 0 Å². The zero-order chi connectivity index (χ0) is 19.7. The Balaban J connectivity index is 1.50. The molecule has 2 heteroatoms. The summed E-state index contributed by atoms with van der Waals surface area (Å²) in [6.45, 7) is 0. The van der Waals surface area contributed by atoms with Gasteiger partial charge in [-0.15, -0.1) is 0 Å². The van der Waals surface area contributed by atoms with E-state index in [2.05, 4.69) is 106 Å². The first kappa shape index (κ1) is 16.3. The summed E-state index contributed by atoms with van der Waals surface area (Å²) in [6.07, 6.45) is 2.43. The molecule has 4 aromatic carbocycles. The summed E-state index contributed by atoms with van der Waals surface area (Å²) in [6, 6.07) is 36.5. The molecule has 0 radical (unpaired) electrons. The van der Waals surface area contributed by atoms with Gasteiger partial charge in [-0.3, -0.25) is 0 Å². The fourth-order valence-corrected chi connectivity index (χ4v) is 5.69. The van der Waals surface area contributed by atoms with Crippen molar-refractivity contribution in [1.82, 2.24) is 9.13 Å². The highest BCUT2D eigenvalue weighted by molar-refractivity contribution is 6.09. The van der Waals surface area contributed by atoms with E-state index in [0.717, 1.165) is 0 Å². The topological polar surface area (TPSA) is 9.86 Å². The van der Waals surface area contributed by atoms with Crippen molar-refractivity contribution in [1.29, 1.82) is 0 Å². The van der Waals surface area contributed by atoms with Crippen molar-refractivity contribution in [3.63, 3.8) is 0 Å². The Hall–Kier alpha value is -3.52. The first-order valence-corrected chi connectivity index (χ1v) is 10.9. The molecule has 1 saturated carbocycles. The van der Waals surface area contributed by atoms with Crippen molar-refractivity contribution < 1.29 is 0 Å². The molecule has 6 aromatic rings. The van der Waals surface area contributed by atoms with Crippen molar-refractivity contribution in [3.8, 4) is 0 Å². The van der Waals surface area contributed by atoms with Crippen LogP contribution in [0.3, 0.4) is 0 Å².